The van der Waals surface area contributed by atoms with Crippen molar-refractivity contribution in [2.75, 3.05) is 0 Å². The second-order valence-electron chi connectivity index (χ2n) is 13.4. The van der Waals surface area contributed by atoms with Gasteiger partial charge in [0, 0.05) is 43.3 Å². The van der Waals surface area contributed by atoms with Crippen LogP contribution in [-0.4, -0.2) is 18.9 Å². The Morgan fingerprint density at radius 3 is 1.94 bits per heavy atom. The van der Waals surface area contributed by atoms with Crippen LogP contribution >= 0.6 is 0 Å². The maximum atomic E-state index is 5.46. The number of fused-ring (bicyclic) bond motifs is 10. The van der Waals surface area contributed by atoms with Crippen LogP contribution in [0.1, 0.15) is 0 Å². The summed E-state index contributed by atoms with van der Waals surface area (Å²) in [7, 11) is 0. The van der Waals surface area contributed by atoms with Gasteiger partial charge in [-0.15, -0.1) is 0 Å². The van der Waals surface area contributed by atoms with E-state index in [-0.39, 0.29) is 0 Å². The molecule has 4 heterocycles. The second kappa shape index (κ2) is 9.43. The van der Waals surface area contributed by atoms with E-state index >= 15 is 0 Å². The van der Waals surface area contributed by atoms with E-state index in [1.54, 1.807) is 0 Å². The Balaban J connectivity index is 1.33. The van der Waals surface area contributed by atoms with Gasteiger partial charge in [0.25, 0.3) is 0 Å². The quantitative estimate of drug-likeness (QED) is 0.177. The Morgan fingerprint density at radius 1 is 0.380 bits per heavy atom. The molecule has 0 unspecified atom stereocenters. The number of hydrogen-bond donors (Lipinski definition) is 0. The zero-order chi connectivity index (χ0) is 32.5. The topological polar surface area (TPSA) is 35.1 Å². The van der Waals surface area contributed by atoms with Crippen molar-refractivity contribution < 1.29 is 0 Å². The summed E-state index contributed by atoms with van der Waals surface area (Å²) in [6, 6.07) is 57.0. The minimum Gasteiger partial charge on any atom is -0.308 e. The Labute approximate surface area is 285 Å². The number of rotatable bonds is 2. The van der Waals surface area contributed by atoms with E-state index in [9.17, 15) is 0 Å². The zero-order valence-corrected chi connectivity index (χ0v) is 26.8. The Hall–Kier alpha value is -6.78. The van der Waals surface area contributed by atoms with Gasteiger partial charge >= 0.3 is 0 Å². The molecule has 0 saturated heterocycles. The van der Waals surface area contributed by atoms with E-state index in [1.807, 2.05) is 0 Å². The largest absolute Gasteiger partial charge is 0.308 e. The molecule has 0 spiro atoms. The van der Waals surface area contributed by atoms with Gasteiger partial charge < -0.3 is 4.40 Å². The van der Waals surface area contributed by atoms with Gasteiger partial charge in [0.05, 0.1) is 38.8 Å². The maximum Gasteiger partial charge on any atom is 0.235 e. The van der Waals surface area contributed by atoms with Crippen molar-refractivity contribution in [2.45, 2.75) is 0 Å². The Bertz CT molecular complexity index is 3370. The number of benzene rings is 8. The van der Waals surface area contributed by atoms with Crippen LogP contribution in [-0.2, 0) is 0 Å². The van der Waals surface area contributed by atoms with Gasteiger partial charge in [-0.05, 0) is 57.9 Å². The van der Waals surface area contributed by atoms with Crippen molar-refractivity contribution in [1.29, 1.82) is 0 Å². The molecule has 0 saturated carbocycles. The van der Waals surface area contributed by atoms with E-state index in [0.29, 0.717) is 5.95 Å². The van der Waals surface area contributed by atoms with Gasteiger partial charge in [-0.25, -0.2) is 9.97 Å². The highest BCUT2D eigenvalue weighted by Crippen LogP contribution is 2.46. The van der Waals surface area contributed by atoms with E-state index < -0.39 is 0 Å². The molecule has 4 nitrogen and oxygen atoms in total. The summed E-state index contributed by atoms with van der Waals surface area (Å²) in [5, 5.41) is 13.2. The van der Waals surface area contributed by atoms with Gasteiger partial charge in [-0.1, -0.05) is 121 Å². The number of para-hydroxylation sites is 1. The molecule has 0 bridgehead atoms. The van der Waals surface area contributed by atoms with Gasteiger partial charge in [0.2, 0.25) is 5.95 Å². The standard InChI is InChI=1S/C46H26N4/c1-2-12-28(13-3-1)43-35-22-21-27-11-6-7-16-31(27)44(35)48-46(47-43)50-38-20-10-18-33-36-25-29-14-4-5-15-30(29)26-40(36)49-37-19-9-8-17-32(37)34-23-24-39(50)42(41(33)38)45(34)49/h1-26H. The van der Waals surface area contributed by atoms with Crippen LogP contribution in [0.3, 0.4) is 0 Å². The first kappa shape index (κ1) is 26.2. The smallest absolute Gasteiger partial charge is 0.235 e. The van der Waals surface area contributed by atoms with Gasteiger partial charge in [0.15, 0.2) is 0 Å². The van der Waals surface area contributed by atoms with Crippen LogP contribution in [0.5, 0.6) is 0 Å². The fourth-order valence-electron chi connectivity index (χ4n) is 8.69. The molecule has 0 aliphatic carbocycles. The third-order valence-electron chi connectivity index (χ3n) is 10.8. The molecule has 230 valence electrons. The molecule has 0 aliphatic heterocycles. The molecular formula is C46H26N4. The van der Waals surface area contributed by atoms with Crippen LogP contribution in [0.15, 0.2) is 158 Å². The summed E-state index contributed by atoms with van der Waals surface area (Å²) in [4.78, 5) is 10.9. The molecule has 0 amide bonds. The molecule has 4 aromatic heterocycles. The monoisotopic (exact) mass is 634 g/mol. The van der Waals surface area contributed by atoms with Crippen LogP contribution in [0.2, 0.25) is 0 Å². The van der Waals surface area contributed by atoms with E-state index in [1.165, 1.54) is 59.6 Å². The lowest BCUT2D eigenvalue weighted by Crippen LogP contribution is -2.04. The molecule has 50 heavy (non-hydrogen) atoms. The average Bonchev–Trinajstić information content (AvgIpc) is 3.66. The van der Waals surface area contributed by atoms with Crippen LogP contribution in [0.25, 0.3) is 110 Å². The highest BCUT2D eigenvalue weighted by Gasteiger charge is 2.25. The summed E-state index contributed by atoms with van der Waals surface area (Å²) < 4.78 is 4.80. The van der Waals surface area contributed by atoms with Crippen molar-refractivity contribution in [3.05, 3.63) is 158 Å². The predicted molar refractivity (Wildman–Crippen MR) is 209 cm³/mol. The van der Waals surface area contributed by atoms with Crippen LogP contribution in [0.4, 0.5) is 0 Å². The van der Waals surface area contributed by atoms with E-state index in [0.717, 1.165) is 44.0 Å². The van der Waals surface area contributed by atoms with E-state index in [2.05, 4.69) is 167 Å². The molecule has 0 atom stereocenters. The predicted octanol–water partition coefficient (Wildman–Crippen LogP) is 11.9. The fraction of sp³-hybridized carbons (Fsp3) is 0. The van der Waals surface area contributed by atoms with Gasteiger partial charge in [0.1, 0.15) is 0 Å². The first-order valence-corrected chi connectivity index (χ1v) is 17.1. The van der Waals surface area contributed by atoms with Crippen molar-refractivity contribution in [1.82, 2.24) is 18.9 Å². The third-order valence-corrected chi connectivity index (χ3v) is 10.8. The number of aromatic nitrogens is 4. The lowest BCUT2D eigenvalue weighted by Gasteiger charge is -2.13. The first-order chi connectivity index (χ1) is 24.8. The number of nitrogens with zero attached hydrogens (tertiary/aromatic N) is 4. The van der Waals surface area contributed by atoms with Crippen LogP contribution in [0, 0.1) is 0 Å². The Morgan fingerprint density at radius 2 is 1.06 bits per heavy atom. The van der Waals surface area contributed by atoms with Crippen molar-refractivity contribution >= 4 is 92.3 Å². The molecule has 0 N–H and O–H groups in total. The van der Waals surface area contributed by atoms with Crippen molar-refractivity contribution in [3.63, 3.8) is 0 Å². The second-order valence-corrected chi connectivity index (χ2v) is 13.4. The van der Waals surface area contributed by atoms with Crippen molar-refractivity contribution in [2.24, 2.45) is 0 Å². The minimum atomic E-state index is 0.672. The highest BCUT2D eigenvalue weighted by molar-refractivity contribution is 6.33. The maximum absolute atomic E-state index is 5.46. The first-order valence-electron chi connectivity index (χ1n) is 17.1. The summed E-state index contributed by atoms with van der Waals surface area (Å²) >= 11 is 0. The summed E-state index contributed by atoms with van der Waals surface area (Å²) in [5.74, 6) is 0.672. The summed E-state index contributed by atoms with van der Waals surface area (Å²) in [6.07, 6.45) is 0. The highest BCUT2D eigenvalue weighted by atomic mass is 15.2. The molecule has 0 aliphatic rings. The summed E-state index contributed by atoms with van der Waals surface area (Å²) in [6.45, 7) is 0. The molecule has 4 heteroatoms. The molecule has 8 aromatic carbocycles. The SMILES string of the molecule is c1ccc(-c2nc(-n3c4cccc5c6cc7ccccc7cc6n6c7ccccc7c7ccc3c(c54)c76)nc3c2ccc2ccccc23)cc1. The lowest BCUT2D eigenvalue weighted by molar-refractivity contribution is 1.02. The molecule has 0 radical (unpaired) electrons. The van der Waals surface area contributed by atoms with Crippen LogP contribution < -0.4 is 0 Å². The van der Waals surface area contributed by atoms with Crippen molar-refractivity contribution in [3.8, 4) is 17.2 Å². The fourth-order valence-corrected chi connectivity index (χ4v) is 8.69. The molecule has 12 aromatic rings. The average molecular weight is 635 g/mol. The minimum absolute atomic E-state index is 0.672. The zero-order valence-electron chi connectivity index (χ0n) is 26.8. The third kappa shape index (κ3) is 3.30. The van der Waals surface area contributed by atoms with Gasteiger partial charge in [-0.2, -0.15) is 0 Å². The van der Waals surface area contributed by atoms with Gasteiger partial charge in [-0.3, -0.25) is 4.57 Å². The number of hydrogen-bond acceptors (Lipinski definition) is 2. The van der Waals surface area contributed by atoms with E-state index in [4.69, 9.17) is 9.97 Å². The summed E-state index contributed by atoms with van der Waals surface area (Å²) in [5.41, 5.74) is 8.79. The molecular weight excluding hydrogens is 609 g/mol. The Kier molecular flexibility index (Phi) is 4.94. The molecule has 12 rings (SSSR count). The lowest BCUT2D eigenvalue weighted by atomic mass is 10.0. The normalized spacial score (nSPS) is 12.4. The molecule has 0 fully saturated rings.